The van der Waals surface area contributed by atoms with E-state index in [1.165, 1.54) is 0 Å². The van der Waals surface area contributed by atoms with Gasteiger partial charge in [0.15, 0.2) is 0 Å². The number of hydrogen-bond donors (Lipinski definition) is 3. The summed E-state index contributed by atoms with van der Waals surface area (Å²) >= 11 is 5.86. The third-order valence-electron chi connectivity index (χ3n) is 5.05. The molecule has 2 atom stereocenters. The zero-order valence-corrected chi connectivity index (χ0v) is 17.5. The van der Waals surface area contributed by atoms with Crippen LogP contribution in [0.3, 0.4) is 0 Å². The van der Waals surface area contributed by atoms with Crippen molar-refractivity contribution >= 4 is 29.2 Å². The Bertz CT molecular complexity index is 829. The summed E-state index contributed by atoms with van der Waals surface area (Å²) in [5, 5.41) is 9.61. The quantitative estimate of drug-likeness (QED) is 0.701. The summed E-state index contributed by atoms with van der Waals surface area (Å²) in [6.07, 6.45) is 0.359. The number of halogens is 1. The average molecular weight is 415 g/mol. The second kappa shape index (κ2) is 9.76. The second-order valence-electron chi connectivity index (χ2n) is 7.47. The van der Waals surface area contributed by atoms with E-state index in [1.54, 1.807) is 12.1 Å². The molecule has 2 aromatic carbocycles. The Kier molecular flexibility index (Phi) is 7.12. The molecule has 2 unspecified atom stereocenters. The molecule has 1 fully saturated rings. The van der Waals surface area contributed by atoms with Crippen molar-refractivity contribution in [2.75, 3.05) is 18.4 Å². The predicted octanol–water partition coefficient (Wildman–Crippen LogP) is 3.41. The molecule has 3 rings (SSSR count). The highest BCUT2D eigenvalue weighted by Gasteiger charge is 2.28. The molecular weight excluding hydrogens is 388 g/mol. The smallest absolute Gasteiger partial charge is 0.319 e. The van der Waals surface area contributed by atoms with E-state index in [4.69, 9.17) is 11.6 Å². The van der Waals surface area contributed by atoms with Crippen molar-refractivity contribution in [1.82, 2.24) is 15.5 Å². The molecule has 0 spiro atoms. The number of urea groups is 1. The Balaban J connectivity index is 1.49. The minimum absolute atomic E-state index is 0.132. The number of rotatable bonds is 5. The Labute approximate surface area is 176 Å². The molecule has 0 radical (unpaired) electrons. The number of nitrogens with one attached hydrogen (secondary N) is 3. The van der Waals surface area contributed by atoms with Crippen LogP contribution in [0.15, 0.2) is 48.5 Å². The molecule has 0 aromatic heterocycles. The lowest BCUT2D eigenvalue weighted by molar-refractivity contribution is -0.135. The first kappa shape index (κ1) is 21.1. The summed E-state index contributed by atoms with van der Waals surface area (Å²) in [6, 6.07) is 14.8. The van der Waals surface area contributed by atoms with Crippen LogP contribution in [-0.2, 0) is 17.8 Å². The van der Waals surface area contributed by atoms with Crippen LogP contribution in [0.5, 0.6) is 0 Å². The van der Waals surface area contributed by atoms with Crippen LogP contribution in [0.2, 0.25) is 5.02 Å². The van der Waals surface area contributed by atoms with Crippen LogP contribution >= 0.6 is 11.6 Å². The van der Waals surface area contributed by atoms with E-state index in [2.05, 4.69) is 29.8 Å². The van der Waals surface area contributed by atoms with Crippen molar-refractivity contribution < 1.29 is 9.59 Å². The van der Waals surface area contributed by atoms with Gasteiger partial charge in [0, 0.05) is 42.4 Å². The first-order chi connectivity index (χ1) is 13.9. The van der Waals surface area contributed by atoms with Gasteiger partial charge < -0.3 is 20.9 Å². The Morgan fingerprint density at radius 1 is 1.00 bits per heavy atom. The molecule has 0 bridgehead atoms. The number of carbonyl (C=O) groups is 2. The van der Waals surface area contributed by atoms with E-state index in [0.29, 0.717) is 23.7 Å². The van der Waals surface area contributed by atoms with Gasteiger partial charge in [0.05, 0.1) is 6.42 Å². The summed E-state index contributed by atoms with van der Waals surface area (Å²) in [5.41, 5.74) is 2.58. The van der Waals surface area contributed by atoms with Gasteiger partial charge in [-0.05, 0) is 49.2 Å². The number of amides is 3. The predicted molar refractivity (Wildman–Crippen MR) is 116 cm³/mol. The second-order valence-corrected chi connectivity index (χ2v) is 7.90. The minimum atomic E-state index is -0.285. The Morgan fingerprint density at radius 3 is 2.21 bits per heavy atom. The summed E-state index contributed by atoms with van der Waals surface area (Å²) in [6.45, 7) is 6.19. The van der Waals surface area contributed by atoms with Crippen molar-refractivity contribution in [3.05, 3.63) is 64.7 Å². The topological polar surface area (TPSA) is 73.5 Å². The first-order valence-electron chi connectivity index (χ1n) is 9.82. The lowest BCUT2D eigenvalue weighted by Crippen LogP contribution is -2.57. The molecule has 1 aliphatic heterocycles. The lowest BCUT2D eigenvalue weighted by atomic mass is 10.1. The van der Waals surface area contributed by atoms with Crippen LogP contribution < -0.4 is 16.0 Å². The van der Waals surface area contributed by atoms with E-state index in [-0.39, 0.29) is 24.0 Å². The van der Waals surface area contributed by atoms with Crippen LogP contribution in [0, 0.1) is 0 Å². The highest BCUT2D eigenvalue weighted by atomic mass is 35.5. The number of benzene rings is 2. The molecule has 154 valence electrons. The van der Waals surface area contributed by atoms with E-state index in [1.807, 2.05) is 41.3 Å². The van der Waals surface area contributed by atoms with Crippen LogP contribution in [-0.4, -0.2) is 42.0 Å². The lowest BCUT2D eigenvalue weighted by Gasteiger charge is -2.39. The third kappa shape index (κ3) is 5.95. The molecule has 0 aliphatic carbocycles. The highest BCUT2D eigenvalue weighted by molar-refractivity contribution is 6.30. The standard InChI is InChI=1S/C22H27ClN4O2/c1-15-12-24-13-16(2)27(15)21(28)11-17-5-9-20(10-6-17)26-22(29)25-14-18-3-7-19(23)8-4-18/h3-10,15-16,24H,11-14H2,1-2H3,(H2,25,26,29). The van der Waals surface area contributed by atoms with Gasteiger partial charge in [-0.15, -0.1) is 0 Å². The molecule has 1 aliphatic rings. The zero-order chi connectivity index (χ0) is 20.8. The van der Waals surface area contributed by atoms with Crippen molar-refractivity contribution in [2.45, 2.75) is 38.9 Å². The maximum absolute atomic E-state index is 12.7. The molecule has 1 saturated heterocycles. The van der Waals surface area contributed by atoms with Gasteiger partial charge in [-0.3, -0.25) is 4.79 Å². The van der Waals surface area contributed by atoms with Gasteiger partial charge in [0.25, 0.3) is 0 Å². The number of nitrogens with zero attached hydrogens (tertiary/aromatic N) is 1. The molecule has 3 N–H and O–H groups in total. The van der Waals surface area contributed by atoms with Crippen molar-refractivity contribution in [2.24, 2.45) is 0 Å². The van der Waals surface area contributed by atoms with Gasteiger partial charge in [-0.2, -0.15) is 0 Å². The summed E-state index contributed by atoms with van der Waals surface area (Å²) in [5.74, 6) is 0.132. The van der Waals surface area contributed by atoms with E-state index >= 15 is 0 Å². The molecular formula is C22H27ClN4O2. The summed E-state index contributed by atoms with van der Waals surface area (Å²) in [7, 11) is 0. The van der Waals surface area contributed by atoms with Gasteiger partial charge >= 0.3 is 6.03 Å². The maximum Gasteiger partial charge on any atom is 0.319 e. The number of anilines is 1. The molecule has 0 saturated carbocycles. The van der Waals surface area contributed by atoms with Gasteiger partial charge in [0.2, 0.25) is 5.91 Å². The number of piperazine rings is 1. The van der Waals surface area contributed by atoms with Gasteiger partial charge in [-0.1, -0.05) is 35.9 Å². The largest absolute Gasteiger partial charge is 0.334 e. The average Bonchev–Trinajstić information content (AvgIpc) is 2.69. The minimum Gasteiger partial charge on any atom is -0.334 e. The van der Waals surface area contributed by atoms with Crippen molar-refractivity contribution in [1.29, 1.82) is 0 Å². The van der Waals surface area contributed by atoms with Gasteiger partial charge in [0.1, 0.15) is 0 Å². The highest BCUT2D eigenvalue weighted by Crippen LogP contribution is 2.15. The van der Waals surface area contributed by atoms with Crippen LogP contribution in [0.1, 0.15) is 25.0 Å². The SMILES string of the molecule is CC1CNCC(C)N1C(=O)Cc1ccc(NC(=O)NCc2ccc(Cl)cc2)cc1. The summed E-state index contributed by atoms with van der Waals surface area (Å²) < 4.78 is 0. The van der Waals surface area contributed by atoms with Crippen LogP contribution in [0.25, 0.3) is 0 Å². The molecule has 29 heavy (non-hydrogen) atoms. The molecule has 6 nitrogen and oxygen atoms in total. The van der Waals surface area contributed by atoms with Crippen molar-refractivity contribution in [3.63, 3.8) is 0 Å². The fraction of sp³-hybridized carbons (Fsp3) is 0.364. The van der Waals surface area contributed by atoms with E-state index < -0.39 is 0 Å². The van der Waals surface area contributed by atoms with E-state index in [9.17, 15) is 9.59 Å². The van der Waals surface area contributed by atoms with Crippen molar-refractivity contribution in [3.8, 4) is 0 Å². The van der Waals surface area contributed by atoms with E-state index in [0.717, 1.165) is 24.2 Å². The van der Waals surface area contributed by atoms with Crippen LogP contribution in [0.4, 0.5) is 10.5 Å². The molecule has 7 heteroatoms. The molecule has 2 aromatic rings. The summed E-state index contributed by atoms with van der Waals surface area (Å²) in [4.78, 5) is 26.7. The first-order valence-corrected chi connectivity index (χ1v) is 10.2. The Morgan fingerprint density at radius 2 is 1.59 bits per heavy atom. The molecule has 3 amide bonds. The fourth-order valence-corrected chi connectivity index (χ4v) is 3.68. The zero-order valence-electron chi connectivity index (χ0n) is 16.7. The monoisotopic (exact) mass is 414 g/mol. The maximum atomic E-state index is 12.7. The fourth-order valence-electron chi connectivity index (χ4n) is 3.56. The third-order valence-corrected chi connectivity index (χ3v) is 5.30. The van der Waals surface area contributed by atoms with Gasteiger partial charge in [-0.25, -0.2) is 4.79 Å². The normalized spacial score (nSPS) is 18.9. The Hall–Kier alpha value is -2.57. The number of hydrogen-bond acceptors (Lipinski definition) is 3. The molecule has 1 heterocycles. The number of carbonyl (C=O) groups excluding carboxylic acids is 2.